The maximum Gasteiger partial charge on any atom is 0.191 e. The van der Waals surface area contributed by atoms with Crippen LogP contribution in [0.4, 0.5) is 0 Å². The van der Waals surface area contributed by atoms with E-state index in [1.165, 1.54) is 0 Å². The van der Waals surface area contributed by atoms with Crippen molar-refractivity contribution in [3.05, 3.63) is 42.1 Å². The van der Waals surface area contributed by atoms with E-state index in [0.29, 0.717) is 24.8 Å². The predicted molar refractivity (Wildman–Crippen MR) is 99.7 cm³/mol. The van der Waals surface area contributed by atoms with E-state index in [4.69, 9.17) is 4.42 Å². The van der Waals surface area contributed by atoms with Gasteiger partial charge in [-0.05, 0) is 26.0 Å². The summed E-state index contributed by atoms with van der Waals surface area (Å²) < 4.78 is 7.00. The van der Waals surface area contributed by atoms with E-state index in [2.05, 4.69) is 20.7 Å². The molecule has 1 atom stereocenters. The van der Waals surface area contributed by atoms with Gasteiger partial charge in [-0.25, -0.2) is 4.99 Å². The lowest BCUT2D eigenvalue weighted by molar-refractivity contribution is 0.0386. The van der Waals surface area contributed by atoms with Gasteiger partial charge in [-0.1, -0.05) is 0 Å². The van der Waals surface area contributed by atoms with Crippen molar-refractivity contribution in [3.63, 3.8) is 0 Å². The van der Waals surface area contributed by atoms with E-state index >= 15 is 0 Å². The molecule has 23 heavy (non-hydrogen) atoms. The van der Waals surface area contributed by atoms with Crippen molar-refractivity contribution in [1.82, 2.24) is 20.4 Å². The minimum Gasteiger partial charge on any atom is -0.466 e. The second-order valence-corrected chi connectivity index (χ2v) is 5.32. The summed E-state index contributed by atoms with van der Waals surface area (Å²) in [6.45, 7) is 5.24. The zero-order valence-corrected chi connectivity index (χ0v) is 15.9. The fraction of sp³-hybridized carbons (Fsp3) is 0.467. The summed E-state index contributed by atoms with van der Waals surface area (Å²) in [6.07, 6.45) is 5.25. The average Bonchev–Trinajstić information content (AvgIpc) is 3.13. The minimum absolute atomic E-state index is 0. The third kappa shape index (κ3) is 5.87. The van der Waals surface area contributed by atoms with Crippen molar-refractivity contribution in [1.29, 1.82) is 0 Å². The Bertz CT molecular complexity index is 607. The van der Waals surface area contributed by atoms with Gasteiger partial charge in [0, 0.05) is 25.4 Å². The molecule has 7 nitrogen and oxygen atoms in total. The Hall–Kier alpha value is -1.55. The van der Waals surface area contributed by atoms with Gasteiger partial charge in [0.15, 0.2) is 5.96 Å². The number of aryl methyl sites for hydroxylation is 1. The van der Waals surface area contributed by atoms with Gasteiger partial charge in [-0.3, -0.25) is 4.68 Å². The van der Waals surface area contributed by atoms with Crippen LogP contribution in [0.3, 0.4) is 0 Å². The lowest BCUT2D eigenvalue weighted by Crippen LogP contribution is -2.44. The molecule has 2 rings (SSSR count). The number of guanidine groups is 1. The Morgan fingerprint density at radius 1 is 1.48 bits per heavy atom. The lowest BCUT2D eigenvalue weighted by Gasteiger charge is -2.22. The average molecular weight is 433 g/mol. The molecule has 0 aliphatic rings. The molecule has 8 heteroatoms. The number of furan rings is 1. The summed E-state index contributed by atoms with van der Waals surface area (Å²) in [5.74, 6) is 1.15. The van der Waals surface area contributed by atoms with Crippen molar-refractivity contribution in [2.45, 2.75) is 26.0 Å². The number of aliphatic hydroxyl groups is 1. The molecule has 2 aromatic rings. The van der Waals surface area contributed by atoms with E-state index in [1.807, 2.05) is 20.2 Å². The summed E-state index contributed by atoms with van der Waals surface area (Å²) in [4.78, 5) is 4.48. The van der Waals surface area contributed by atoms with E-state index in [9.17, 15) is 5.11 Å². The smallest absolute Gasteiger partial charge is 0.191 e. The molecular weight excluding hydrogens is 409 g/mol. The number of nitrogens with zero attached hydrogens (tertiary/aromatic N) is 3. The summed E-state index contributed by atoms with van der Waals surface area (Å²) in [7, 11) is 1.87. The molecule has 0 aromatic carbocycles. The molecule has 0 spiro atoms. The highest BCUT2D eigenvalue weighted by Crippen LogP contribution is 2.19. The first-order valence-electron chi connectivity index (χ1n) is 7.27. The van der Waals surface area contributed by atoms with Crippen LogP contribution in [0.5, 0.6) is 0 Å². The van der Waals surface area contributed by atoms with Crippen molar-refractivity contribution in [2.75, 3.05) is 13.1 Å². The topological polar surface area (TPSA) is 87.6 Å². The first-order chi connectivity index (χ1) is 10.5. The van der Waals surface area contributed by atoms with Gasteiger partial charge in [0.25, 0.3) is 0 Å². The molecule has 0 saturated carbocycles. The predicted octanol–water partition coefficient (Wildman–Crippen LogP) is 1.59. The van der Waals surface area contributed by atoms with Crippen molar-refractivity contribution < 1.29 is 9.52 Å². The van der Waals surface area contributed by atoms with Crippen molar-refractivity contribution in [2.24, 2.45) is 12.0 Å². The fourth-order valence-electron chi connectivity index (χ4n) is 1.99. The number of halogens is 1. The van der Waals surface area contributed by atoms with Gasteiger partial charge in [0.05, 0.1) is 25.5 Å². The number of rotatable bonds is 6. The Balaban J connectivity index is 0.00000264. The molecule has 0 saturated heterocycles. The molecule has 1 unspecified atom stereocenters. The quantitative estimate of drug-likeness (QED) is 0.366. The molecule has 0 radical (unpaired) electrons. The molecule has 2 aromatic heterocycles. The Morgan fingerprint density at radius 2 is 2.26 bits per heavy atom. The number of nitrogens with one attached hydrogen (secondary N) is 2. The Labute approximate surface area is 153 Å². The van der Waals surface area contributed by atoms with Crippen LogP contribution in [0.15, 0.2) is 40.2 Å². The first-order valence-corrected chi connectivity index (χ1v) is 7.27. The second kappa shape index (κ2) is 8.92. The van der Waals surface area contributed by atoms with E-state index in [1.54, 1.807) is 36.2 Å². The Morgan fingerprint density at radius 3 is 2.83 bits per heavy atom. The number of hydrogen-bond donors (Lipinski definition) is 3. The van der Waals surface area contributed by atoms with Gasteiger partial charge in [-0.15, -0.1) is 24.0 Å². The molecule has 2 heterocycles. The third-order valence-corrected chi connectivity index (χ3v) is 3.17. The maximum absolute atomic E-state index is 10.4. The SMILES string of the molecule is CCNC(=NCc1cnn(C)c1)NCC(C)(O)c1ccco1.I. The molecule has 3 N–H and O–H groups in total. The summed E-state index contributed by atoms with van der Waals surface area (Å²) in [6, 6.07) is 3.51. The van der Waals surface area contributed by atoms with Crippen LogP contribution in [0.25, 0.3) is 0 Å². The molecule has 0 amide bonds. The van der Waals surface area contributed by atoms with Crippen LogP contribution in [0.1, 0.15) is 25.2 Å². The standard InChI is InChI=1S/C15H23N5O2.HI/c1-4-16-14(17-8-12-9-19-20(3)10-12)18-11-15(2,21)13-6-5-7-22-13;/h5-7,9-10,21H,4,8,11H2,1-3H3,(H2,16,17,18);1H. The van der Waals surface area contributed by atoms with Crippen LogP contribution in [0, 0.1) is 0 Å². The van der Waals surface area contributed by atoms with Crippen LogP contribution in [-0.2, 0) is 19.2 Å². The molecule has 128 valence electrons. The van der Waals surface area contributed by atoms with Gasteiger partial charge in [0.2, 0.25) is 0 Å². The van der Waals surface area contributed by atoms with Crippen LogP contribution < -0.4 is 10.6 Å². The zero-order valence-electron chi connectivity index (χ0n) is 13.6. The van der Waals surface area contributed by atoms with Crippen LogP contribution >= 0.6 is 24.0 Å². The summed E-state index contributed by atoms with van der Waals surface area (Å²) in [5, 5.41) is 20.8. The number of hydrogen-bond acceptors (Lipinski definition) is 4. The minimum atomic E-state index is -1.10. The number of aromatic nitrogens is 2. The fourth-order valence-corrected chi connectivity index (χ4v) is 1.99. The van der Waals surface area contributed by atoms with Crippen LogP contribution in [0.2, 0.25) is 0 Å². The molecular formula is C15H24IN5O2. The number of aliphatic imine (C=N–C) groups is 1. The molecule has 0 aliphatic carbocycles. The van der Waals surface area contributed by atoms with Gasteiger partial charge >= 0.3 is 0 Å². The van der Waals surface area contributed by atoms with E-state index in [0.717, 1.165) is 12.1 Å². The highest BCUT2D eigenvalue weighted by atomic mass is 127. The summed E-state index contributed by atoms with van der Waals surface area (Å²) >= 11 is 0. The highest BCUT2D eigenvalue weighted by Gasteiger charge is 2.26. The van der Waals surface area contributed by atoms with Gasteiger partial charge in [0.1, 0.15) is 11.4 Å². The van der Waals surface area contributed by atoms with Gasteiger partial charge < -0.3 is 20.2 Å². The van der Waals surface area contributed by atoms with Gasteiger partial charge in [-0.2, -0.15) is 5.10 Å². The largest absolute Gasteiger partial charge is 0.466 e. The molecule has 0 aliphatic heterocycles. The van der Waals surface area contributed by atoms with E-state index in [-0.39, 0.29) is 24.0 Å². The highest BCUT2D eigenvalue weighted by molar-refractivity contribution is 14.0. The van der Waals surface area contributed by atoms with Crippen LogP contribution in [-0.4, -0.2) is 33.9 Å². The zero-order chi connectivity index (χ0) is 16.0. The monoisotopic (exact) mass is 433 g/mol. The second-order valence-electron chi connectivity index (χ2n) is 5.32. The van der Waals surface area contributed by atoms with E-state index < -0.39 is 5.60 Å². The summed E-state index contributed by atoms with van der Waals surface area (Å²) in [5.41, 5.74) is -0.0777. The lowest BCUT2D eigenvalue weighted by atomic mass is 10.0. The normalized spacial score (nSPS) is 14.0. The maximum atomic E-state index is 10.4. The van der Waals surface area contributed by atoms with Crippen molar-refractivity contribution >= 4 is 29.9 Å². The third-order valence-electron chi connectivity index (χ3n) is 3.17. The molecule has 0 fully saturated rings. The molecule has 0 bridgehead atoms. The van der Waals surface area contributed by atoms with Crippen molar-refractivity contribution in [3.8, 4) is 0 Å². The Kier molecular flexibility index (Phi) is 7.56. The first kappa shape index (κ1) is 19.5.